The predicted octanol–water partition coefficient (Wildman–Crippen LogP) is 3.18. The summed E-state index contributed by atoms with van der Waals surface area (Å²) >= 11 is 6.04. The average molecular weight is 474 g/mol. The van der Waals surface area contributed by atoms with Gasteiger partial charge in [0.05, 0.1) is 29.9 Å². The molecule has 0 aliphatic carbocycles. The Balaban J connectivity index is 1.20. The van der Waals surface area contributed by atoms with Gasteiger partial charge in [0.1, 0.15) is 5.82 Å². The highest BCUT2D eigenvalue weighted by atomic mass is 35.5. The number of rotatable bonds is 7. The Morgan fingerprint density at radius 2 is 1.88 bits per heavy atom. The average Bonchev–Trinajstić information content (AvgIpc) is 3.22. The molecule has 7 nitrogen and oxygen atoms in total. The monoisotopic (exact) mass is 473 g/mol. The maximum Gasteiger partial charge on any atom is 0.417 e. The lowest BCUT2D eigenvalue weighted by Crippen LogP contribution is -2.49. The number of aliphatic hydroxyl groups excluding tert-OH is 1. The third-order valence-electron chi connectivity index (χ3n) is 5.31. The first-order valence-corrected chi connectivity index (χ1v) is 10.5. The van der Waals surface area contributed by atoms with Gasteiger partial charge in [0.25, 0.3) is 0 Å². The van der Waals surface area contributed by atoms with Crippen LogP contribution in [0.5, 0.6) is 11.5 Å². The van der Waals surface area contributed by atoms with Crippen molar-refractivity contribution in [2.45, 2.75) is 18.9 Å². The van der Waals surface area contributed by atoms with E-state index >= 15 is 0 Å². The smallest absolute Gasteiger partial charge is 0.417 e. The van der Waals surface area contributed by atoms with Crippen molar-refractivity contribution in [2.24, 2.45) is 0 Å². The van der Waals surface area contributed by atoms with E-state index in [9.17, 15) is 18.3 Å². The van der Waals surface area contributed by atoms with Gasteiger partial charge in [-0.05, 0) is 23.8 Å². The molecule has 1 fully saturated rings. The minimum absolute atomic E-state index is 0.0229. The van der Waals surface area contributed by atoms with Crippen LogP contribution in [0.3, 0.4) is 0 Å². The largest absolute Gasteiger partial charge is 0.454 e. The van der Waals surface area contributed by atoms with Gasteiger partial charge in [0, 0.05) is 38.9 Å². The first-order chi connectivity index (χ1) is 15.3. The Labute approximate surface area is 188 Å². The second kappa shape index (κ2) is 9.70. The summed E-state index contributed by atoms with van der Waals surface area (Å²) in [5.41, 5.74) is 0.0599. The lowest BCUT2D eigenvalue weighted by Gasteiger charge is -2.36. The van der Waals surface area contributed by atoms with Gasteiger partial charge in [-0.1, -0.05) is 17.7 Å². The Morgan fingerprint density at radius 1 is 1.12 bits per heavy atom. The van der Waals surface area contributed by atoms with Gasteiger partial charge in [-0.25, -0.2) is 4.98 Å². The molecule has 2 aromatic rings. The van der Waals surface area contributed by atoms with Crippen LogP contribution in [-0.2, 0) is 17.5 Å². The van der Waals surface area contributed by atoms with Crippen molar-refractivity contribution in [1.82, 2.24) is 9.88 Å². The number of β-amino-alcohol motifs (C(OH)–C–C–N with tert-alkyl or cyclic N) is 1. The number of hydrogen-bond acceptors (Lipinski definition) is 7. The van der Waals surface area contributed by atoms with Crippen LogP contribution in [0.4, 0.5) is 19.0 Å². The molecule has 2 aliphatic rings. The Bertz CT molecular complexity index is 939. The second-order valence-electron chi connectivity index (χ2n) is 7.67. The number of anilines is 1. The molecule has 1 N–H and O–H groups in total. The number of piperazine rings is 1. The van der Waals surface area contributed by atoms with Gasteiger partial charge in [0.15, 0.2) is 11.5 Å². The molecule has 1 aromatic carbocycles. The number of benzene rings is 1. The quantitative estimate of drug-likeness (QED) is 0.662. The van der Waals surface area contributed by atoms with E-state index in [1.807, 2.05) is 23.1 Å². The molecule has 2 aliphatic heterocycles. The molecule has 0 saturated carbocycles. The van der Waals surface area contributed by atoms with Crippen molar-refractivity contribution in [2.75, 3.05) is 51.0 Å². The molecule has 0 amide bonds. The summed E-state index contributed by atoms with van der Waals surface area (Å²) < 4.78 is 54.6. The molecule has 1 atom stereocenters. The van der Waals surface area contributed by atoms with Crippen LogP contribution in [0, 0.1) is 0 Å². The molecule has 11 heteroatoms. The van der Waals surface area contributed by atoms with Crippen molar-refractivity contribution < 1.29 is 32.5 Å². The first-order valence-electron chi connectivity index (χ1n) is 10.1. The van der Waals surface area contributed by atoms with Crippen LogP contribution < -0.4 is 14.4 Å². The molecule has 4 rings (SSSR count). The lowest BCUT2D eigenvalue weighted by molar-refractivity contribution is -0.137. The molecular weight excluding hydrogens is 451 g/mol. The minimum atomic E-state index is -4.48. The van der Waals surface area contributed by atoms with Gasteiger partial charge in [0.2, 0.25) is 6.79 Å². The van der Waals surface area contributed by atoms with E-state index in [0.29, 0.717) is 56.6 Å². The maximum atomic E-state index is 12.8. The van der Waals surface area contributed by atoms with Crippen LogP contribution >= 0.6 is 11.6 Å². The van der Waals surface area contributed by atoms with Gasteiger partial charge in [-0.3, -0.25) is 4.90 Å². The number of halogens is 4. The highest BCUT2D eigenvalue weighted by molar-refractivity contribution is 6.33. The first kappa shape index (κ1) is 22.9. The summed E-state index contributed by atoms with van der Waals surface area (Å²) in [6.07, 6.45) is -4.34. The van der Waals surface area contributed by atoms with Crippen molar-refractivity contribution >= 4 is 17.4 Å². The number of alkyl halides is 3. The molecular formula is C21H23ClF3N3O4. The zero-order valence-corrected chi connectivity index (χ0v) is 17.9. The van der Waals surface area contributed by atoms with Crippen LogP contribution in [0.15, 0.2) is 30.5 Å². The molecule has 174 valence electrons. The second-order valence-corrected chi connectivity index (χ2v) is 8.08. The number of fused-ring (bicyclic) bond motifs is 1. The predicted molar refractivity (Wildman–Crippen MR) is 111 cm³/mol. The van der Waals surface area contributed by atoms with Crippen LogP contribution in [0.25, 0.3) is 0 Å². The number of hydrogen-bond donors (Lipinski definition) is 1. The summed E-state index contributed by atoms with van der Waals surface area (Å²) in [7, 11) is 0. The Kier molecular flexibility index (Phi) is 6.94. The molecule has 32 heavy (non-hydrogen) atoms. The summed E-state index contributed by atoms with van der Waals surface area (Å²) in [5.74, 6) is 1.74. The van der Waals surface area contributed by atoms with Gasteiger partial charge in [-0.15, -0.1) is 0 Å². The Hall–Kier alpha value is -2.27. The topological polar surface area (TPSA) is 67.3 Å². The van der Waals surface area contributed by atoms with Gasteiger partial charge in [-0.2, -0.15) is 13.2 Å². The molecule has 3 heterocycles. The fourth-order valence-corrected chi connectivity index (χ4v) is 3.94. The van der Waals surface area contributed by atoms with E-state index in [2.05, 4.69) is 9.88 Å². The molecule has 0 bridgehead atoms. The van der Waals surface area contributed by atoms with E-state index in [0.717, 1.165) is 17.8 Å². The van der Waals surface area contributed by atoms with Crippen molar-refractivity contribution in [3.63, 3.8) is 0 Å². The van der Waals surface area contributed by atoms with Crippen molar-refractivity contribution in [1.29, 1.82) is 0 Å². The molecule has 0 unspecified atom stereocenters. The van der Waals surface area contributed by atoms with Crippen LogP contribution in [0.2, 0.25) is 5.02 Å². The highest BCUT2D eigenvalue weighted by Crippen LogP contribution is 2.34. The summed E-state index contributed by atoms with van der Waals surface area (Å²) in [5, 5.41) is 10.3. The minimum Gasteiger partial charge on any atom is -0.454 e. The zero-order valence-electron chi connectivity index (χ0n) is 17.1. The number of pyridine rings is 1. The molecule has 0 spiro atoms. The van der Waals surface area contributed by atoms with Gasteiger partial charge < -0.3 is 24.2 Å². The lowest BCUT2D eigenvalue weighted by atomic mass is 10.2. The number of ether oxygens (including phenoxy) is 3. The van der Waals surface area contributed by atoms with E-state index in [1.165, 1.54) is 0 Å². The summed E-state index contributed by atoms with van der Waals surface area (Å²) in [6.45, 7) is 3.51. The van der Waals surface area contributed by atoms with Crippen LogP contribution in [-0.4, -0.2) is 67.2 Å². The maximum absolute atomic E-state index is 12.8. The standard InChI is InChI=1S/C21H23ClF3N3O4/c22-17-8-15(21(23,24)25)9-26-20(17)28-5-3-27(4-6-28)10-16(29)12-30-11-14-1-2-18-19(7-14)32-13-31-18/h1-2,7-9,16,29H,3-6,10-13H2/t16-/m0/s1. The van der Waals surface area contributed by atoms with E-state index in [1.54, 1.807) is 0 Å². The van der Waals surface area contributed by atoms with Crippen molar-refractivity contribution in [3.8, 4) is 11.5 Å². The third kappa shape index (κ3) is 5.55. The zero-order chi connectivity index (χ0) is 22.7. The number of aliphatic hydroxyl groups is 1. The fraction of sp³-hybridized carbons (Fsp3) is 0.476. The molecule has 1 aromatic heterocycles. The van der Waals surface area contributed by atoms with E-state index in [4.69, 9.17) is 25.8 Å². The van der Waals surface area contributed by atoms with Crippen molar-refractivity contribution in [3.05, 3.63) is 46.6 Å². The molecule has 1 saturated heterocycles. The Morgan fingerprint density at radius 3 is 2.59 bits per heavy atom. The normalized spacial score (nSPS) is 17.6. The third-order valence-corrected chi connectivity index (χ3v) is 5.58. The fourth-order valence-electron chi connectivity index (χ4n) is 3.65. The van der Waals surface area contributed by atoms with Gasteiger partial charge >= 0.3 is 6.18 Å². The van der Waals surface area contributed by atoms with E-state index in [-0.39, 0.29) is 18.4 Å². The summed E-state index contributed by atoms with van der Waals surface area (Å²) in [6, 6.07) is 6.47. The number of aromatic nitrogens is 1. The number of nitrogens with zero attached hydrogens (tertiary/aromatic N) is 3. The highest BCUT2D eigenvalue weighted by Gasteiger charge is 2.32. The van der Waals surface area contributed by atoms with E-state index < -0.39 is 17.8 Å². The van der Waals surface area contributed by atoms with Crippen LogP contribution in [0.1, 0.15) is 11.1 Å². The molecule has 0 radical (unpaired) electrons. The summed E-state index contributed by atoms with van der Waals surface area (Å²) in [4.78, 5) is 7.84. The SMILES string of the molecule is O[C@H](COCc1ccc2c(c1)OCO2)CN1CCN(c2ncc(C(F)(F)F)cc2Cl)CC1.